The summed E-state index contributed by atoms with van der Waals surface area (Å²) >= 11 is 9.88. The van der Waals surface area contributed by atoms with Crippen molar-refractivity contribution in [3.8, 4) is 0 Å². The van der Waals surface area contributed by atoms with Crippen molar-refractivity contribution < 1.29 is 0 Å². The lowest BCUT2D eigenvalue weighted by molar-refractivity contribution is 0.101. The van der Waals surface area contributed by atoms with E-state index in [-0.39, 0.29) is 5.38 Å². The zero-order valence-corrected chi connectivity index (χ0v) is 14.3. The first-order valence-corrected chi connectivity index (χ1v) is 8.57. The Labute approximate surface area is 133 Å². The predicted octanol–water partition coefficient (Wildman–Crippen LogP) is 5.68. The first-order chi connectivity index (χ1) is 9.54. The van der Waals surface area contributed by atoms with Crippen molar-refractivity contribution >= 4 is 38.6 Å². The van der Waals surface area contributed by atoms with E-state index in [1.54, 1.807) is 0 Å². The quantitative estimate of drug-likeness (QED) is 0.645. The molecule has 0 amide bonds. The van der Waals surface area contributed by atoms with Crippen LogP contribution in [-0.2, 0) is 6.54 Å². The van der Waals surface area contributed by atoms with E-state index in [0.717, 1.165) is 22.4 Å². The molecule has 108 valence electrons. The SMILES string of the molecule is CCC1(Cn2c(C(C)Cl)nc3cc(Br)ccc32)CCC1. The molecule has 2 aromatic rings. The second-order valence-electron chi connectivity index (χ2n) is 6.01. The molecule has 1 aromatic heterocycles. The number of benzene rings is 1. The Morgan fingerprint density at radius 3 is 2.75 bits per heavy atom. The number of hydrogen-bond donors (Lipinski definition) is 0. The Kier molecular flexibility index (Phi) is 3.85. The topological polar surface area (TPSA) is 17.8 Å². The molecule has 0 N–H and O–H groups in total. The summed E-state index contributed by atoms with van der Waals surface area (Å²) in [5, 5.41) is -0.0600. The van der Waals surface area contributed by atoms with E-state index in [2.05, 4.69) is 45.6 Å². The molecule has 0 bridgehead atoms. The standard InChI is InChI=1S/C16H20BrClN2/c1-3-16(7-4-8-16)10-20-14-6-5-12(17)9-13(14)19-15(20)11(2)18/h5-6,9,11H,3-4,7-8,10H2,1-2H3. The van der Waals surface area contributed by atoms with Gasteiger partial charge in [0.25, 0.3) is 0 Å². The van der Waals surface area contributed by atoms with Gasteiger partial charge < -0.3 is 4.57 Å². The Hall–Kier alpha value is -0.540. The smallest absolute Gasteiger partial charge is 0.127 e. The summed E-state index contributed by atoms with van der Waals surface area (Å²) in [4.78, 5) is 4.75. The van der Waals surface area contributed by atoms with E-state index in [1.807, 2.05) is 6.92 Å². The second-order valence-corrected chi connectivity index (χ2v) is 7.58. The van der Waals surface area contributed by atoms with E-state index < -0.39 is 0 Å². The monoisotopic (exact) mass is 354 g/mol. The third kappa shape index (κ3) is 2.39. The molecular formula is C16H20BrClN2. The maximum absolute atomic E-state index is 6.36. The highest BCUT2D eigenvalue weighted by molar-refractivity contribution is 9.10. The van der Waals surface area contributed by atoms with Crippen LogP contribution in [0, 0.1) is 5.41 Å². The molecule has 1 fully saturated rings. The van der Waals surface area contributed by atoms with Crippen LogP contribution in [0.5, 0.6) is 0 Å². The van der Waals surface area contributed by atoms with Crippen molar-refractivity contribution in [1.82, 2.24) is 9.55 Å². The summed E-state index contributed by atoms with van der Waals surface area (Å²) in [6, 6.07) is 6.31. The van der Waals surface area contributed by atoms with Crippen LogP contribution >= 0.6 is 27.5 Å². The van der Waals surface area contributed by atoms with Crippen LogP contribution < -0.4 is 0 Å². The summed E-state index contributed by atoms with van der Waals surface area (Å²) in [5.41, 5.74) is 2.70. The average Bonchev–Trinajstić information content (AvgIpc) is 2.71. The van der Waals surface area contributed by atoms with E-state index in [4.69, 9.17) is 16.6 Å². The predicted molar refractivity (Wildman–Crippen MR) is 88.3 cm³/mol. The molecule has 1 aliphatic carbocycles. The molecule has 3 rings (SSSR count). The summed E-state index contributed by atoms with van der Waals surface area (Å²) in [6.07, 6.45) is 5.25. The molecule has 1 aromatic carbocycles. The summed E-state index contributed by atoms with van der Waals surface area (Å²) in [6.45, 7) is 5.36. The van der Waals surface area contributed by atoms with Crippen molar-refractivity contribution in [1.29, 1.82) is 0 Å². The van der Waals surface area contributed by atoms with Gasteiger partial charge in [-0.1, -0.05) is 29.3 Å². The van der Waals surface area contributed by atoms with Gasteiger partial charge in [-0.25, -0.2) is 4.98 Å². The van der Waals surface area contributed by atoms with Gasteiger partial charge in [0.05, 0.1) is 16.4 Å². The zero-order chi connectivity index (χ0) is 14.3. The second kappa shape index (κ2) is 5.34. The molecule has 1 aliphatic rings. The van der Waals surface area contributed by atoms with Gasteiger partial charge in [0.2, 0.25) is 0 Å². The maximum atomic E-state index is 6.36. The molecule has 0 radical (unpaired) electrons. The number of fused-ring (bicyclic) bond motifs is 1. The first-order valence-electron chi connectivity index (χ1n) is 7.34. The number of imidazole rings is 1. The zero-order valence-electron chi connectivity index (χ0n) is 12.0. The van der Waals surface area contributed by atoms with E-state index in [0.29, 0.717) is 5.41 Å². The minimum Gasteiger partial charge on any atom is -0.326 e. The lowest BCUT2D eigenvalue weighted by Gasteiger charge is -2.42. The van der Waals surface area contributed by atoms with Crippen molar-refractivity contribution in [2.75, 3.05) is 0 Å². The number of aromatic nitrogens is 2. The van der Waals surface area contributed by atoms with Gasteiger partial charge in [0, 0.05) is 11.0 Å². The van der Waals surface area contributed by atoms with Gasteiger partial charge >= 0.3 is 0 Å². The van der Waals surface area contributed by atoms with E-state index in [1.165, 1.54) is 31.2 Å². The Bertz CT molecular complexity index is 623. The van der Waals surface area contributed by atoms with E-state index in [9.17, 15) is 0 Å². The molecule has 0 spiro atoms. The largest absolute Gasteiger partial charge is 0.326 e. The van der Waals surface area contributed by atoms with Crippen LogP contribution in [0.1, 0.15) is 50.7 Å². The number of hydrogen-bond acceptors (Lipinski definition) is 1. The summed E-state index contributed by atoms with van der Waals surface area (Å²) < 4.78 is 3.42. The van der Waals surface area contributed by atoms with Crippen LogP contribution in [0.3, 0.4) is 0 Å². The van der Waals surface area contributed by atoms with Gasteiger partial charge in [-0.15, -0.1) is 11.6 Å². The fraction of sp³-hybridized carbons (Fsp3) is 0.562. The van der Waals surface area contributed by atoms with Gasteiger partial charge in [0.15, 0.2) is 0 Å². The van der Waals surface area contributed by atoms with Crippen LogP contribution in [0.4, 0.5) is 0 Å². The summed E-state index contributed by atoms with van der Waals surface area (Å²) in [5.74, 6) is 1.000. The lowest BCUT2D eigenvalue weighted by Crippen LogP contribution is -2.34. The highest BCUT2D eigenvalue weighted by atomic mass is 79.9. The molecule has 2 nitrogen and oxygen atoms in total. The number of halogens is 2. The maximum Gasteiger partial charge on any atom is 0.127 e. The van der Waals surface area contributed by atoms with Crippen LogP contribution in [0.15, 0.2) is 22.7 Å². The van der Waals surface area contributed by atoms with Gasteiger partial charge in [-0.3, -0.25) is 0 Å². The first kappa shape index (κ1) is 14.4. The minimum atomic E-state index is -0.0600. The van der Waals surface area contributed by atoms with Crippen LogP contribution in [0.2, 0.25) is 0 Å². The minimum absolute atomic E-state index is 0.0600. The van der Waals surface area contributed by atoms with Gasteiger partial charge in [0.1, 0.15) is 5.82 Å². The Morgan fingerprint density at radius 2 is 2.20 bits per heavy atom. The lowest BCUT2D eigenvalue weighted by atomic mass is 9.67. The molecule has 4 heteroatoms. The Morgan fingerprint density at radius 1 is 1.45 bits per heavy atom. The molecule has 0 aliphatic heterocycles. The van der Waals surface area contributed by atoms with Gasteiger partial charge in [-0.05, 0) is 49.8 Å². The van der Waals surface area contributed by atoms with Crippen LogP contribution in [-0.4, -0.2) is 9.55 Å². The fourth-order valence-electron chi connectivity index (χ4n) is 3.23. The van der Waals surface area contributed by atoms with E-state index >= 15 is 0 Å². The van der Waals surface area contributed by atoms with Crippen molar-refractivity contribution in [2.24, 2.45) is 5.41 Å². The van der Waals surface area contributed by atoms with Crippen molar-refractivity contribution in [3.05, 3.63) is 28.5 Å². The molecule has 1 heterocycles. The molecule has 1 atom stereocenters. The van der Waals surface area contributed by atoms with Crippen molar-refractivity contribution in [2.45, 2.75) is 51.5 Å². The van der Waals surface area contributed by atoms with Crippen LogP contribution in [0.25, 0.3) is 11.0 Å². The van der Waals surface area contributed by atoms with Crippen molar-refractivity contribution in [3.63, 3.8) is 0 Å². The molecule has 20 heavy (non-hydrogen) atoms. The Balaban J connectivity index is 2.09. The highest BCUT2D eigenvalue weighted by Gasteiger charge is 2.36. The third-order valence-corrected chi connectivity index (χ3v) is 5.44. The molecule has 0 saturated heterocycles. The third-order valence-electron chi connectivity index (χ3n) is 4.75. The average molecular weight is 356 g/mol. The number of alkyl halides is 1. The normalized spacial score (nSPS) is 19.0. The highest BCUT2D eigenvalue weighted by Crippen LogP contribution is 2.46. The summed E-state index contributed by atoms with van der Waals surface area (Å²) in [7, 11) is 0. The number of rotatable bonds is 4. The fourth-order valence-corrected chi connectivity index (χ4v) is 3.74. The molecular weight excluding hydrogens is 336 g/mol. The van der Waals surface area contributed by atoms with Gasteiger partial charge in [-0.2, -0.15) is 0 Å². The number of nitrogens with zero attached hydrogens (tertiary/aromatic N) is 2. The molecule has 1 saturated carbocycles. The molecule has 1 unspecified atom stereocenters.